The summed E-state index contributed by atoms with van der Waals surface area (Å²) in [4.78, 5) is 0. The molecular weight excluding hydrogens is 250 g/mol. The van der Waals surface area contributed by atoms with Crippen LogP contribution in [-0.4, -0.2) is 9.78 Å². The minimum Gasteiger partial charge on any atom is -0.457 e. The highest BCUT2D eigenvalue weighted by molar-refractivity contribution is 5.39. The molecule has 2 aromatic carbocycles. The van der Waals surface area contributed by atoms with Gasteiger partial charge in [-0.25, -0.2) is 4.68 Å². The molecule has 0 aliphatic carbocycles. The van der Waals surface area contributed by atoms with Crippen molar-refractivity contribution in [3.63, 3.8) is 0 Å². The monoisotopic (exact) mass is 261 g/mol. The number of nitriles is 1. The fourth-order valence-corrected chi connectivity index (χ4v) is 1.82. The molecule has 4 heteroatoms. The maximum absolute atomic E-state index is 8.76. The summed E-state index contributed by atoms with van der Waals surface area (Å²) in [6.07, 6.45) is 1.76. The van der Waals surface area contributed by atoms with E-state index in [-0.39, 0.29) is 0 Å². The zero-order valence-corrected chi connectivity index (χ0v) is 10.6. The van der Waals surface area contributed by atoms with Crippen LogP contribution in [0.5, 0.6) is 11.5 Å². The highest BCUT2D eigenvalue weighted by Gasteiger charge is 2.01. The van der Waals surface area contributed by atoms with Crippen LogP contribution < -0.4 is 4.74 Å². The summed E-state index contributed by atoms with van der Waals surface area (Å²) >= 11 is 0. The predicted octanol–water partition coefficient (Wildman–Crippen LogP) is 3.54. The maximum Gasteiger partial charge on any atom is 0.162 e. The van der Waals surface area contributed by atoms with Crippen molar-refractivity contribution in [2.75, 3.05) is 0 Å². The van der Waals surface area contributed by atoms with Gasteiger partial charge in [-0.05, 0) is 42.5 Å². The predicted molar refractivity (Wildman–Crippen MR) is 74.8 cm³/mol. The van der Waals surface area contributed by atoms with E-state index < -0.39 is 0 Å². The molecule has 96 valence electrons. The van der Waals surface area contributed by atoms with E-state index in [0.717, 1.165) is 17.2 Å². The quantitative estimate of drug-likeness (QED) is 0.724. The number of rotatable bonds is 3. The molecule has 0 amide bonds. The van der Waals surface area contributed by atoms with Gasteiger partial charge in [0.25, 0.3) is 0 Å². The van der Waals surface area contributed by atoms with Crippen LogP contribution in [0.2, 0.25) is 0 Å². The van der Waals surface area contributed by atoms with Crippen LogP contribution >= 0.6 is 0 Å². The topological polar surface area (TPSA) is 50.8 Å². The molecule has 0 saturated carbocycles. The van der Waals surface area contributed by atoms with Gasteiger partial charge in [-0.2, -0.15) is 10.4 Å². The van der Waals surface area contributed by atoms with Gasteiger partial charge < -0.3 is 4.74 Å². The molecule has 0 bridgehead atoms. The van der Waals surface area contributed by atoms with E-state index in [9.17, 15) is 0 Å². The second-order valence-electron chi connectivity index (χ2n) is 4.17. The average Bonchev–Trinajstić information content (AvgIpc) is 2.98. The fourth-order valence-electron chi connectivity index (χ4n) is 1.82. The molecule has 0 radical (unpaired) electrons. The Bertz CT molecular complexity index is 739. The first-order valence-corrected chi connectivity index (χ1v) is 6.14. The summed E-state index contributed by atoms with van der Waals surface area (Å²) in [5, 5.41) is 12.9. The summed E-state index contributed by atoms with van der Waals surface area (Å²) in [5.74, 6) is 1.55. The van der Waals surface area contributed by atoms with Gasteiger partial charge in [0.05, 0.1) is 5.69 Å². The smallest absolute Gasteiger partial charge is 0.162 e. The van der Waals surface area contributed by atoms with Crippen molar-refractivity contribution in [1.82, 2.24) is 9.78 Å². The molecule has 3 rings (SSSR count). The normalized spacial score (nSPS) is 9.95. The van der Waals surface area contributed by atoms with Crippen LogP contribution in [0.15, 0.2) is 66.9 Å². The van der Waals surface area contributed by atoms with Crippen molar-refractivity contribution >= 4 is 0 Å². The number of benzene rings is 2. The number of nitrogens with zero attached hydrogens (tertiary/aromatic N) is 3. The molecule has 20 heavy (non-hydrogen) atoms. The van der Waals surface area contributed by atoms with Crippen molar-refractivity contribution in [2.45, 2.75) is 0 Å². The first-order chi connectivity index (χ1) is 9.85. The van der Waals surface area contributed by atoms with Gasteiger partial charge in [0.2, 0.25) is 0 Å². The van der Waals surface area contributed by atoms with E-state index in [1.165, 1.54) is 0 Å². The van der Waals surface area contributed by atoms with Crippen LogP contribution in [0.3, 0.4) is 0 Å². The van der Waals surface area contributed by atoms with E-state index in [4.69, 9.17) is 10.00 Å². The first-order valence-electron chi connectivity index (χ1n) is 6.14. The van der Waals surface area contributed by atoms with Gasteiger partial charge >= 0.3 is 0 Å². The minimum atomic E-state index is 0.398. The number of para-hydroxylation sites is 1. The van der Waals surface area contributed by atoms with Crippen LogP contribution in [-0.2, 0) is 0 Å². The molecule has 0 atom stereocenters. The van der Waals surface area contributed by atoms with E-state index in [0.29, 0.717) is 5.69 Å². The second-order valence-corrected chi connectivity index (χ2v) is 4.17. The molecule has 0 saturated heterocycles. The van der Waals surface area contributed by atoms with Crippen molar-refractivity contribution in [3.8, 4) is 23.3 Å². The summed E-state index contributed by atoms with van der Waals surface area (Å²) in [5.41, 5.74) is 1.28. The Morgan fingerprint density at radius 3 is 2.25 bits per heavy atom. The van der Waals surface area contributed by atoms with E-state index in [2.05, 4.69) is 5.10 Å². The Morgan fingerprint density at radius 1 is 0.900 bits per heavy atom. The van der Waals surface area contributed by atoms with Crippen molar-refractivity contribution < 1.29 is 4.74 Å². The molecule has 3 aromatic rings. The summed E-state index contributed by atoms with van der Waals surface area (Å²) < 4.78 is 7.37. The van der Waals surface area contributed by atoms with Gasteiger partial charge in [0.15, 0.2) is 5.69 Å². The third-order valence-electron chi connectivity index (χ3n) is 2.78. The lowest BCUT2D eigenvalue weighted by Crippen LogP contribution is -1.95. The Morgan fingerprint density at radius 2 is 1.60 bits per heavy atom. The highest BCUT2D eigenvalue weighted by atomic mass is 16.5. The van der Waals surface area contributed by atoms with Crippen molar-refractivity contribution in [2.24, 2.45) is 0 Å². The number of hydrogen-bond donors (Lipinski definition) is 0. The third kappa shape index (κ3) is 2.52. The van der Waals surface area contributed by atoms with Gasteiger partial charge in [-0.1, -0.05) is 18.2 Å². The number of aromatic nitrogens is 2. The largest absolute Gasteiger partial charge is 0.457 e. The lowest BCUT2D eigenvalue weighted by Gasteiger charge is -2.06. The average molecular weight is 261 g/mol. The Hall–Kier alpha value is -3.06. The van der Waals surface area contributed by atoms with Gasteiger partial charge in [-0.3, -0.25) is 0 Å². The fraction of sp³-hybridized carbons (Fsp3) is 0. The number of ether oxygens (including phenoxy) is 1. The summed E-state index contributed by atoms with van der Waals surface area (Å²) in [7, 11) is 0. The molecule has 4 nitrogen and oxygen atoms in total. The molecule has 0 aliphatic heterocycles. The SMILES string of the molecule is N#Cc1ccn(-c2ccc(Oc3ccccc3)cc2)n1. The Kier molecular flexibility index (Phi) is 3.17. The van der Waals surface area contributed by atoms with E-state index >= 15 is 0 Å². The zero-order valence-electron chi connectivity index (χ0n) is 10.6. The van der Waals surface area contributed by atoms with Gasteiger partial charge in [0.1, 0.15) is 17.6 Å². The summed E-state index contributed by atoms with van der Waals surface area (Å²) in [6, 6.07) is 20.8. The lowest BCUT2D eigenvalue weighted by molar-refractivity contribution is 0.482. The van der Waals surface area contributed by atoms with Crippen LogP contribution in [0.4, 0.5) is 0 Å². The van der Waals surface area contributed by atoms with Crippen molar-refractivity contribution in [1.29, 1.82) is 5.26 Å². The molecule has 0 spiro atoms. The number of hydrogen-bond acceptors (Lipinski definition) is 3. The van der Waals surface area contributed by atoms with Crippen LogP contribution in [0.1, 0.15) is 5.69 Å². The van der Waals surface area contributed by atoms with Gasteiger partial charge in [0, 0.05) is 6.20 Å². The van der Waals surface area contributed by atoms with Crippen molar-refractivity contribution in [3.05, 3.63) is 72.6 Å². The van der Waals surface area contributed by atoms with Gasteiger partial charge in [-0.15, -0.1) is 0 Å². The molecule has 1 heterocycles. The van der Waals surface area contributed by atoms with E-state index in [1.54, 1.807) is 16.9 Å². The molecule has 1 aromatic heterocycles. The molecule has 0 aliphatic rings. The van der Waals surface area contributed by atoms with Crippen LogP contribution in [0, 0.1) is 11.3 Å². The molecule has 0 unspecified atom stereocenters. The zero-order chi connectivity index (χ0) is 13.8. The Labute approximate surface area is 116 Å². The minimum absolute atomic E-state index is 0.398. The molecular formula is C16H11N3O. The highest BCUT2D eigenvalue weighted by Crippen LogP contribution is 2.22. The molecule has 0 fully saturated rings. The molecule has 0 N–H and O–H groups in total. The third-order valence-corrected chi connectivity index (χ3v) is 2.78. The second kappa shape index (κ2) is 5.29. The maximum atomic E-state index is 8.76. The van der Waals surface area contributed by atoms with Crippen LogP contribution in [0.25, 0.3) is 5.69 Å². The summed E-state index contributed by atoms with van der Waals surface area (Å²) in [6.45, 7) is 0. The Balaban J connectivity index is 1.79. The first kappa shape index (κ1) is 12.0. The standard InChI is InChI=1S/C16H11N3O/c17-12-13-10-11-19(18-13)14-6-8-16(9-7-14)20-15-4-2-1-3-5-15/h1-11H. The lowest BCUT2D eigenvalue weighted by atomic mass is 10.3. The van der Waals surface area contributed by atoms with E-state index in [1.807, 2.05) is 60.7 Å².